The molecule has 0 amide bonds. The Hall–Kier alpha value is -2.69. The lowest BCUT2D eigenvalue weighted by molar-refractivity contribution is 0.125. The molecule has 0 aromatic heterocycles. The average Bonchev–Trinajstić information content (AvgIpc) is 2.78. The van der Waals surface area contributed by atoms with E-state index in [1.807, 2.05) is 54.6 Å². The predicted molar refractivity (Wildman–Crippen MR) is 115 cm³/mol. The van der Waals surface area contributed by atoms with E-state index in [1.54, 1.807) is 12.1 Å². The van der Waals surface area contributed by atoms with Gasteiger partial charge in [0.1, 0.15) is 23.8 Å². The second-order valence-electron chi connectivity index (χ2n) is 6.98. The lowest BCUT2D eigenvalue weighted by Gasteiger charge is -2.30. The minimum Gasteiger partial charge on any atom is -0.492 e. The van der Waals surface area contributed by atoms with Crippen LogP contribution in [-0.4, -0.2) is 36.2 Å². The summed E-state index contributed by atoms with van der Waals surface area (Å²) in [6, 6.07) is 22.9. The first kappa shape index (κ1) is 21.0. The zero-order valence-electron chi connectivity index (χ0n) is 17.0. The summed E-state index contributed by atoms with van der Waals surface area (Å²) in [4.78, 5) is 2.30. The number of nitrogens with zero attached hydrogens (tertiary/aromatic N) is 1. The zero-order chi connectivity index (χ0) is 20.7. The molecule has 0 aliphatic rings. The lowest BCUT2D eigenvalue weighted by Crippen LogP contribution is -2.29. The molecule has 3 aromatic carbocycles. The Bertz CT molecular complexity index is 877. The first-order chi connectivity index (χ1) is 14.1. The maximum Gasteiger partial charge on any atom is 0.140 e. The van der Waals surface area contributed by atoms with Gasteiger partial charge >= 0.3 is 0 Å². The van der Waals surface area contributed by atoms with Gasteiger partial charge in [0, 0.05) is 6.54 Å². The van der Waals surface area contributed by atoms with Gasteiger partial charge in [-0.15, -0.1) is 0 Å². The van der Waals surface area contributed by atoms with Crippen molar-refractivity contribution in [1.29, 1.82) is 0 Å². The number of rotatable bonds is 9. The molecule has 4 heteroatoms. The molecule has 1 atom stereocenters. The molecule has 0 fully saturated rings. The largest absolute Gasteiger partial charge is 0.492 e. The molecular weight excluding hydrogens is 365 g/mol. The SMILES string of the molecule is CCN(CC)CCOc1ccc(C(O)(c2ccccc2)c2ccc(F)cc2)cc1. The van der Waals surface area contributed by atoms with Crippen LogP contribution in [-0.2, 0) is 5.60 Å². The topological polar surface area (TPSA) is 32.7 Å². The minimum atomic E-state index is -1.38. The predicted octanol–water partition coefficient (Wildman–Crippen LogP) is 4.83. The highest BCUT2D eigenvalue weighted by atomic mass is 19.1. The molecule has 0 saturated heterocycles. The Morgan fingerprint density at radius 2 is 1.31 bits per heavy atom. The van der Waals surface area contributed by atoms with Crippen LogP contribution in [0.15, 0.2) is 78.9 Å². The Kier molecular flexibility index (Phi) is 7.02. The highest BCUT2D eigenvalue weighted by Crippen LogP contribution is 2.37. The van der Waals surface area contributed by atoms with E-state index >= 15 is 0 Å². The average molecular weight is 394 g/mol. The molecule has 29 heavy (non-hydrogen) atoms. The standard InChI is InChI=1S/C25H28FNO2/c1-3-27(4-2)18-19-29-24-16-12-22(13-17-24)25(28,20-8-6-5-7-9-20)21-10-14-23(26)15-11-21/h5-17,28H,3-4,18-19H2,1-2H3. The summed E-state index contributed by atoms with van der Waals surface area (Å²) in [5, 5.41) is 11.7. The molecule has 3 nitrogen and oxygen atoms in total. The van der Waals surface area contributed by atoms with Crippen molar-refractivity contribution >= 4 is 0 Å². The number of benzene rings is 3. The third kappa shape index (κ3) is 4.84. The minimum absolute atomic E-state index is 0.332. The number of hydrogen-bond donors (Lipinski definition) is 1. The molecule has 1 N–H and O–H groups in total. The fourth-order valence-electron chi connectivity index (χ4n) is 3.50. The molecule has 0 aliphatic carbocycles. The monoisotopic (exact) mass is 393 g/mol. The number of ether oxygens (including phenoxy) is 1. The van der Waals surface area contributed by atoms with E-state index in [0.29, 0.717) is 17.7 Å². The van der Waals surface area contributed by atoms with Gasteiger partial charge in [-0.2, -0.15) is 0 Å². The lowest BCUT2D eigenvalue weighted by atomic mass is 9.80. The van der Waals surface area contributed by atoms with Crippen LogP contribution in [0.4, 0.5) is 4.39 Å². The van der Waals surface area contributed by atoms with Crippen LogP contribution in [0.5, 0.6) is 5.75 Å². The fraction of sp³-hybridized carbons (Fsp3) is 0.280. The summed E-state index contributed by atoms with van der Waals surface area (Å²) in [6.45, 7) is 7.76. The van der Waals surface area contributed by atoms with Crippen molar-refractivity contribution in [3.05, 3.63) is 101 Å². The van der Waals surface area contributed by atoms with Gasteiger partial charge in [0.15, 0.2) is 0 Å². The van der Waals surface area contributed by atoms with E-state index in [0.717, 1.165) is 30.9 Å². The molecule has 0 aliphatic heterocycles. The maximum absolute atomic E-state index is 13.5. The zero-order valence-corrected chi connectivity index (χ0v) is 17.0. The molecule has 3 aromatic rings. The number of halogens is 1. The Morgan fingerprint density at radius 3 is 1.86 bits per heavy atom. The van der Waals surface area contributed by atoms with Crippen molar-refractivity contribution in [2.75, 3.05) is 26.2 Å². The van der Waals surface area contributed by atoms with Crippen LogP contribution < -0.4 is 4.74 Å². The Labute approximate surface area is 172 Å². The molecule has 1 unspecified atom stereocenters. The molecule has 0 bridgehead atoms. The number of hydrogen-bond acceptors (Lipinski definition) is 3. The maximum atomic E-state index is 13.5. The van der Waals surface area contributed by atoms with Crippen LogP contribution in [0.2, 0.25) is 0 Å². The Balaban J connectivity index is 1.86. The second kappa shape index (κ2) is 9.68. The molecule has 152 valence electrons. The van der Waals surface area contributed by atoms with Gasteiger partial charge in [-0.05, 0) is 54.0 Å². The van der Waals surface area contributed by atoms with E-state index in [9.17, 15) is 9.50 Å². The van der Waals surface area contributed by atoms with E-state index in [4.69, 9.17) is 4.74 Å². The number of aliphatic hydroxyl groups is 1. The van der Waals surface area contributed by atoms with Crippen molar-refractivity contribution < 1.29 is 14.2 Å². The van der Waals surface area contributed by atoms with Crippen molar-refractivity contribution in [2.24, 2.45) is 0 Å². The Morgan fingerprint density at radius 1 is 0.793 bits per heavy atom. The van der Waals surface area contributed by atoms with Crippen molar-refractivity contribution in [3.63, 3.8) is 0 Å². The van der Waals surface area contributed by atoms with Crippen molar-refractivity contribution in [1.82, 2.24) is 4.90 Å². The van der Waals surface area contributed by atoms with Gasteiger partial charge < -0.3 is 14.7 Å². The third-order valence-corrected chi connectivity index (χ3v) is 5.30. The van der Waals surface area contributed by atoms with Gasteiger partial charge in [-0.1, -0.05) is 68.4 Å². The quantitative estimate of drug-likeness (QED) is 0.529. The number of likely N-dealkylation sites (N-methyl/N-ethyl adjacent to an activating group) is 1. The summed E-state index contributed by atoms with van der Waals surface area (Å²) in [7, 11) is 0. The molecule has 0 saturated carbocycles. The van der Waals surface area contributed by atoms with Gasteiger partial charge in [-0.25, -0.2) is 4.39 Å². The molecule has 0 heterocycles. The van der Waals surface area contributed by atoms with Crippen LogP contribution in [0.25, 0.3) is 0 Å². The molecular formula is C25H28FNO2. The third-order valence-electron chi connectivity index (χ3n) is 5.30. The summed E-state index contributed by atoms with van der Waals surface area (Å²) in [5.74, 6) is 0.427. The molecule has 0 radical (unpaired) electrons. The highest BCUT2D eigenvalue weighted by Gasteiger charge is 2.33. The summed E-state index contributed by atoms with van der Waals surface area (Å²) in [5.41, 5.74) is 0.655. The van der Waals surface area contributed by atoms with Crippen LogP contribution in [0.1, 0.15) is 30.5 Å². The summed E-state index contributed by atoms with van der Waals surface area (Å²) < 4.78 is 19.3. The van der Waals surface area contributed by atoms with Gasteiger partial charge in [0.05, 0.1) is 0 Å². The molecule has 0 spiro atoms. The first-order valence-corrected chi connectivity index (χ1v) is 10.1. The normalized spacial score (nSPS) is 13.3. The van der Waals surface area contributed by atoms with E-state index < -0.39 is 5.60 Å². The van der Waals surface area contributed by atoms with Gasteiger partial charge in [0.25, 0.3) is 0 Å². The van der Waals surface area contributed by atoms with E-state index in [-0.39, 0.29) is 5.82 Å². The van der Waals surface area contributed by atoms with Crippen LogP contribution in [0.3, 0.4) is 0 Å². The van der Waals surface area contributed by atoms with Crippen LogP contribution in [0, 0.1) is 5.82 Å². The van der Waals surface area contributed by atoms with Crippen molar-refractivity contribution in [2.45, 2.75) is 19.4 Å². The van der Waals surface area contributed by atoms with E-state index in [1.165, 1.54) is 12.1 Å². The highest BCUT2D eigenvalue weighted by molar-refractivity contribution is 5.48. The van der Waals surface area contributed by atoms with Gasteiger partial charge in [0.2, 0.25) is 0 Å². The summed E-state index contributed by atoms with van der Waals surface area (Å²) >= 11 is 0. The smallest absolute Gasteiger partial charge is 0.140 e. The fourth-order valence-corrected chi connectivity index (χ4v) is 3.50. The van der Waals surface area contributed by atoms with Crippen molar-refractivity contribution in [3.8, 4) is 5.75 Å². The second-order valence-corrected chi connectivity index (χ2v) is 6.98. The first-order valence-electron chi connectivity index (χ1n) is 10.1. The van der Waals surface area contributed by atoms with Crippen LogP contribution >= 0.6 is 0 Å². The summed E-state index contributed by atoms with van der Waals surface area (Å²) in [6.07, 6.45) is 0. The molecule has 3 rings (SSSR count). The van der Waals surface area contributed by atoms with Gasteiger partial charge in [-0.3, -0.25) is 0 Å². The van der Waals surface area contributed by atoms with E-state index in [2.05, 4.69) is 18.7 Å².